The molecule has 1 rings (SSSR count). The highest BCUT2D eigenvalue weighted by atomic mass is 16.5. The molecule has 1 N–H and O–H groups in total. The molecule has 0 aromatic heterocycles. The van der Waals surface area contributed by atoms with Gasteiger partial charge in [-0.05, 0) is 37.3 Å². The van der Waals surface area contributed by atoms with Crippen LogP contribution in [0.5, 0.6) is 5.75 Å². The van der Waals surface area contributed by atoms with Gasteiger partial charge in [0.25, 0.3) is 0 Å². The second kappa shape index (κ2) is 6.28. The van der Waals surface area contributed by atoms with Crippen molar-refractivity contribution in [2.24, 2.45) is 5.92 Å². The third kappa shape index (κ3) is 4.47. The van der Waals surface area contributed by atoms with E-state index in [2.05, 4.69) is 6.07 Å². The van der Waals surface area contributed by atoms with Crippen molar-refractivity contribution in [1.82, 2.24) is 0 Å². The second-order valence-electron chi connectivity index (χ2n) is 4.56. The summed E-state index contributed by atoms with van der Waals surface area (Å²) in [6.45, 7) is 4.01. The van der Waals surface area contributed by atoms with E-state index in [1.807, 2.05) is 26.0 Å². The lowest BCUT2D eigenvalue weighted by atomic mass is 9.97. The molecule has 0 aliphatic rings. The minimum Gasteiger partial charge on any atom is -0.496 e. The zero-order valence-corrected chi connectivity index (χ0v) is 10.7. The lowest BCUT2D eigenvalue weighted by Gasteiger charge is -2.12. The number of aryl methyl sites for hydroxylation is 2. The molecule has 0 fully saturated rings. The molecule has 3 nitrogen and oxygen atoms in total. The van der Waals surface area contributed by atoms with Gasteiger partial charge in [0.2, 0.25) is 0 Å². The highest BCUT2D eigenvalue weighted by Gasteiger charge is 2.10. The number of ether oxygens (including phenoxy) is 1. The zero-order chi connectivity index (χ0) is 12.8. The standard InChI is InChI=1S/C14H20O3/c1-10-5-7-13(17-3)12(8-10)6-4-11(2)9-14(15)16/h5,7-8,11H,4,6,9H2,1-3H3,(H,15,16). The van der Waals surface area contributed by atoms with Gasteiger partial charge in [-0.3, -0.25) is 4.79 Å². The van der Waals surface area contributed by atoms with E-state index in [9.17, 15) is 4.79 Å². The van der Waals surface area contributed by atoms with Crippen LogP contribution in [0, 0.1) is 12.8 Å². The Morgan fingerprint density at radius 2 is 2.18 bits per heavy atom. The fourth-order valence-electron chi connectivity index (χ4n) is 1.90. The van der Waals surface area contributed by atoms with Gasteiger partial charge in [0.15, 0.2) is 0 Å². The van der Waals surface area contributed by atoms with Gasteiger partial charge >= 0.3 is 5.97 Å². The van der Waals surface area contributed by atoms with Crippen molar-refractivity contribution < 1.29 is 14.6 Å². The molecule has 0 radical (unpaired) electrons. The summed E-state index contributed by atoms with van der Waals surface area (Å²) in [5.74, 6) is 0.351. The summed E-state index contributed by atoms with van der Waals surface area (Å²) in [7, 11) is 1.66. The Hall–Kier alpha value is -1.51. The lowest BCUT2D eigenvalue weighted by Crippen LogP contribution is -2.05. The Kier molecular flexibility index (Phi) is 5.01. The number of aliphatic carboxylic acids is 1. The first-order chi connectivity index (χ1) is 8.02. The summed E-state index contributed by atoms with van der Waals surface area (Å²) < 4.78 is 5.30. The molecular weight excluding hydrogens is 216 g/mol. The number of hydrogen-bond donors (Lipinski definition) is 1. The first kappa shape index (κ1) is 13.6. The molecule has 0 spiro atoms. The first-order valence-corrected chi connectivity index (χ1v) is 5.88. The molecule has 1 aromatic carbocycles. The smallest absolute Gasteiger partial charge is 0.303 e. The summed E-state index contributed by atoms with van der Waals surface area (Å²) in [5.41, 5.74) is 2.36. The average molecular weight is 236 g/mol. The maximum Gasteiger partial charge on any atom is 0.303 e. The molecule has 17 heavy (non-hydrogen) atoms. The van der Waals surface area contributed by atoms with Crippen LogP contribution < -0.4 is 4.74 Å². The monoisotopic (exact) mass is 236 g/mol. The van der Waals surface area contributed by atoms with Crippen molar-refractivity contribution in [3.05, 3.63) is 29.3 Å². The number of carboxylic acid groups (broad SMARTS) is 1. The molecule has 3 heteroatoms. The van der Waals surface area contributed by atoms with Crippen LogP contribution in [0.1, 0.15) is 30.9 Å². The quantitative estimate of drug-likeness (QED) is 0.825. The van der Waals surface area contributed by atoms with Crippen LogP contribution >= 0.6 is 0 Å². The van der Waals surface area contributed by atoms with Crippen LogP contribution in [0.15, 0.2) is 18.2 Å². The molecule has 0 saturated carbocycles. The molecule has 0 heterocycles. The second-order valence-corrected chi connectivity index (χ2v) is 4.56. The molecular formula is C14H20O3. The van der Waals surface area contributed by atoms with Crippen molar-refractivity contribution in [1.29, 1.82) is 0 Å². The van der Waals surface area contributed by atoms with Crippen LogP contribution in [0.4, 0.5) is 0 Å². The average Bonchev–Trinajstić information content (AvgIpc) is 2.25. The number of carbonyl (C=O) groups is 1. The highest BCUT2D eigenvalue weighted by Crippen LogP contribution is 2.23. The number of rotatable bonds is 6. The largest absolute Gasteiger partial charge is 0.496 e. The van der Waals surface area contributed by atoms with E-state index in [4.69, 9.17) is 9.84 Å². The molecule has 0 amide bonds. The van der Waals surface area contributed by atoms with E-state index >= 15 is 0 Å². The van der Waals surface area contributed by atoms with Crippen molar-refractivity contribution in [2.75, 3.05) is 7.11 Å². The van der Waals surface area contributed by atoms with E-state index in [1.54, 1.807) is 7.11 Å². The van der Waals surface area contributed by atoms with E-state index in [0.717, 1.165) is 24.2 Å². The molecule has 0 bridgehead atoms. The number of benzene rings is 1. The maximum absolute atomic E-state index is 10.6. The van der Waals surface area contributed by atoms with Gasteiger partial charge < -0.3 is 9.84 Å². The minimum atomic E-state index is -0.728. The van der Waals surface area contributed by atoms with Crippen LogP contribution in [0.2, 0.25) is 0 Å². The summed E-state index contributed by atoms with van der Waals surface area (Å²) in [6, 6.07) is 6.09. The third-order valence-electron chi connectivity index (χ3n) is 2.87. The van der Waals surface area contributed by atoms with Gasteiger partial charge in [-0.1, -0.05) is 24.6 Å². The first-order valence-electron chi connectivity index (χ1n) is 5.88. The summed E-state index contributed by atoms with van der Waals surface area (Å²) in [6.07, 6.45) is 1.96. The molecule has 94 valence electrons. The van der Waals surface area contributed by atoms with Crippen molar-refractivity contribution in [3.8, 4) is 5.75 Å². The predicted octanol–water partition coefficient (Wildman–Crippen LogP) is 3.05. The molecule has 0 aliphatic carbocycles. The van der Waals surface area contributed by atoms with E-state index in [1.165, 1.54) is 5.56 Å². The number of hydrogen-bond acceptors (Lipinski definition) is 2. The van der Waals surface area contributed by atoms with Crippen LogP contribution in [0.25, 0.3) is 0 Å². The van der Waals surface area contributed by atoms with E-state index < -0.39 is 5.97 Å². The fourth-order valence-corrected chi connectivity index (χ4v) is 1.90. The Morgan fingerprint density at radius 3 is 2.76 bits per heavy atom. The van der Waals surface area contributed by atoms with Crippen LogP contribution in [-0.2, 0) is 11.2 Å². The van der Waals surface area contributed by atoms with Gasteiger partial charge in [0.1, 0.15) is 5.75 Å². The Labute approximate surface area is 102 Å². The Bertz CT molecular complexity index is 385. The molecule has 0 saturated heterocycles. The number of carboxylic acids is 1. The normalized spacial score (nSPS) is 12.2. The van der Waals surface area contributed by atoms with E-state index in [-0.39, 0.29) is 12.3 Å². The Morgan fingerprint density at radius 1 is 1.47 bits per heavy atom. The zero-order valence-electron chi connectivity index (χ0n) is 10.7. The third-order valence-corrected chi connectivity index (χ3v) is 2.87. The molecule has 1 unspecified atom stereocenters. The molecule has 1 atom stereocenters. The predicted molar refractivity (Wildman–Crippen MR) is 67.5 cm³/mol. The van der Waals surface area contributed by atoms with Crippen molar-refractivity contribution >= 4 is 5.97 Å². The van der Waals surface area contributed by atoms with E-state index in [0.29, 0.717) is 0 Å². The van der Waals surface area contributed by atoms with Crippen molar-refractivity contribution in [2.45, 2.75) is 33.1 Å². The summed E-state index contributed by atoms with van der Waals surface area (Å²) >= 11 is 0. The van der Waals surface area contributed by atoms with Gasteiger partial charge in [-0.15, -0.1) is 0 Å². The molecule has 0 aliphatic heterocycles. The summed E-state index contributed by atoms with van der Waals surface area (Å²) in [4.78, 5) is 10.6. The topological polar surface area (TPSA) is 46.5 Å². The van der Waals surface area contributed by atoms with Gasteiger partial charge in [-0.2, -0.15) is 0 Å². The number of methoxy groups -OCH3 is 1. The SMILES string of the molecule is COc1ccc(C)cc1CCC(C)CC(=O)O. The van der Waals surface area contributed by atoms with Crippen LogP contribution in [-0.4, -0.2) is 18.2 Å². The van der Waals surface area contributed by atoms with Crippen molar-refractivity contribution in [3.63, 3.8) is 0 Å². The minimum absolute atomic E-state index is 0.192. The maximum atomic E-state index is 10.6. The summed E-state index contributed by atoms with van der Waals surface area (Å²) in [5, 5.41) is 8.70. The van der Waals surface area contributed by atoms with Gasteiger partial charge in [0, 0.05) is 6.42 Å². The van der Waals surface area contributed by atoms with Crippen LogP contribution in [0.3, 0.4) is 0 Å². The lowest BCUT2D eigenvalue weighted by molar-refractivity contribution is -0.138. The Balaban J connectivity index is 2.61. The van der Waals surface area contributed by atoms with Gasteiger partial charge in [-0.25, -0.2) is 0 Å². The van der Waals surface area contributed by atoms with Gasteiger partial charge in [0.05, 0.1) is 7.11 Å². The molecule has 1 aromatic rings. The highest BCUT2D eigenvalue weighted by molar-refractivity contribution is 5.66. The fraction of sp³-hybridized carbons (Fsp3) is 0.500.